The van der Waals surface area contributed by atoms with Crippen molar-refractivity contribution in [3.05, 3.63) is 0 Å². The zero-order chi connectivity index (χ0) is 14.1. The SMILES string of the molecule is CCC1CNC(C)(C2CC2)CN1CCC(C)(C)OC. The molecule has 112 valence electrons. The summed E-state index contributed by atoms with van der Waals surface area (Å²) in [5.41, 5.74) is 0.349. The molecule has 2 fully saturated rings. The Hall–Kier alpha value is -0.120. The Balaban J connectivity index is 1.94. The monoisotopic (exact) mass is 268 g/mol. The third kappa shape index (κ3) is 3.71. The van der Waals surface area contributed by atoms with E-state index in [9.17, 15) is 0 Å². The first-order valence-corrected chi connectivity index (χ1v) is 7.94. The maximum atomic E-state index is 5.57. The average molecular weight is 268 g/mol. The third-order valence-electron chi connectivity index (χ3n) is 5.29. The highest BCUT2D eigenvalue weighted by atomic mass is 16.5. The lowest BCUT2D eigenvalue weighted by Crippen LogP contribution is -2.64. The number of piperazine rings is 1. The molecule has 0 bridgehead atoms. The van der Waals surface area contributed by atoms with Gasteiger partial charge < -0.3 is 10.1 Å². The van der Waals surface area contributed by atoms with E-state index in [4.69, 9.17) is 4.74 Å². The van der Waals surface area contributed by atoms with Gasteiger partial charge in [0.05, 0.1) is 5.60 Å². The molecule has 19 heavy (non-hydrogen) atoms. The number of hydrogen-bond acceptors (Lipinski definition) is 3. The largest absolute Gasteiger partial charge is 0.379 e. The van der Waals surface area contributed by atoms with Crippen LogP contribution in [0.15, 0.2) is 0 Å². The molecule has 3 heteroatoms. The van der Waals surface area contributed by atoms with Crippen molar-refractivity contribution in [2.45, 2.75) is 70.6 Å². The first-order chi connectivity index (χ1) is 8.90. The molecule has 1 aliphatic carbocycles. The van der Waals surface area contributed by atoms with Crippen LogP contribution < -0.4 is 5.32 Å². The standard InChI is InChI=1S/C16H32N2O/c1-6-14-11-17-16(4,13-7-8-13)12-18(14)10-9-15(2,3)19-5/h13-14,17H,6-12H2,1-5H3. The molecule has 2 aliphatic rings. The van der Waals surface area contributed by atoms with Gasteiger partial charge in [0.25, 0.3) is 0 Å². The molecule has 2 rings (SSSR count). The van der Waals surface area contributed by atoms with Crippen molar-refractivity contribution >= 4 is 0 Å². The van der Waals surface area contributed by atoms with Gasteiger partial charge in [0.15, 0.2) is 0 Å². The summed E-state index contributed by atoms with van der Waals surface area (Å²) in [6.45, 7) is 12.6. The Kier molecular flexibility index (Phi) is 4.59. The summed E-state index contributed by atoms with van der Waals surface area (Å²) >= 11 is 0. The van der Waals surface area contributed by atoms with Gasteiger partial charge in [0.1, 0.15) is 0 Å². The number of nitrogens with one attached hydrogen (secondary N) is 1. The fourth-order valence-corrected chi connectivity index (χ4v) is 3.26. The number of hydrogen-bond donors (Lipinski definition) is 1. The predicted octanol–water partition coefficient (Wildman–Crippen LogP) is 2.65. The van der Waals surface area contributed by atoms with Gasteiger partial charge in [-0.15, -0.1) is 0 Å². The van der Waals surface area contributed by atoms with Crippen LogP contribution in [-0.2, 0) is 4.74 Å². The summed E-state index contributed by atoms with van der Waals surface area (Å²) in [5, 5.41) is 3.83. The lowest BCUT2D eigenvalue weighted by atomic mass is 9.89. The summed E-state index contributed by atoms with van der Waals surface area (Å²) < 4.78 is 5.57. The molecule has 1 saturated heterocycles. The van der Waals surface area contributed by atoms with E-state index >= 15 is 0 Å². The van der Waals surface area contributed by atoms with Crippen molar-refractivity contribution in [2.24, 2.45) is 5.92 Å². The first-order valence-electron chi connectivity index (χ1n) is 7.94. The Morgan fingerprint density at radius 1 is 1.37 bits per heavy atom. The van der Waals surface area contributed by atoms with Gasteiger partial charge >= 0.3 is 0 Å². The predicted molar refractivity (Wildman–Crippen MR) is 80.5 cm³/mol. The minimum absolute atomic E-state index is 0.000844. The summed E-state index contributed by atoms with van der Waals surface area (Å²) in [6.07, 6.45) is 5.18. The molecular weight excluding hydrogens is 236 g/mol. The fraction of sp³-hybridized carbons (Fsp3) is 1.00. The highest BCUT2D eigenvalue weighted by Crippen LogP contribution is 2.41. The molecule has 2 atom stereocenters. The molecule has 0 spiro atoms. The maximum Gasteiger partial charge on any atom is 0.0634 e. The van der Waals surface area contributed by atoms with Crippen LogP contribution in [0.3, 0.4) is 0 Å². The molecule has 0 aromatic heterocycles. The quantitative estimate of drug-likeness (QED) is 0.801. The molecule has 1 heterocycles. The average Bonchev–Trinajstić information content (AvgIpc) is 3.21. The molecule has 0 amide bonds. The van der Waals surface area contributed by atoms with Gasteiger partial charge in [-0.05, 0) is 52.4 Å². The van der Waals surface area contributed by atoms with E-state index in [1.54, 1.807) is 0 Å². The minimum atomic E-state index is -0.000844. The van der Waals surface area contributed by atoms with Gasteiger partial charge in [-0.1, -0.05) is 6.92 Å². The number of nitrogens with zero attached hydrogens (tertiary/aromatic N) is 1. The van der Waals surface area contributed by atoms with Crippen LogP contribution in [0, 0.1) is 5.92 Å². The van der Waals surface area contributed by atoms with Crippen molar-refractivity contribution < 1.29 is 4.74 Å². The van der Waals surface area contributed by atoms with Gasteiger partial charge in [-0.2, -0.15) is 0 Å². The maximum absolute atomic E-state index is 5.57. The van der Waals surface area contributed by atoms with E-state index in [1.165, 1.54) is 25.8 Å². The zero-order valence-corrected chi connectivity index (χ0v) is 13.5. The topological polar surface area (TPSA) is 24.5 Å². The van der Waals surface area contributed by atoms with Gasteiger partial charge in [-0.25, -0.2) is 0 Å². The molecule has 1 aliphatic heterocycles. The molecular formula is C16H32N2O. The molecule has 0 radical (unpaired) electrons. The zero-order valence-electron chi connectivity index (χ0n) is 13.5. The Labute approximate surface area is 119 Å². The van der Waals surface area contributed by atoms with Crippen LogP contribution in [0.1, 0.15) is 53.4 Å². The van der Waals surface area contributed by atoms with Crippen molar-refractivity contribution in [2.75, 3.05) is 26.7 Å². The van der Waals surface area contributed by atoms with Crippen LogP contribution >= 0.6 is 0 Å². The molecule has 1 N–H and O–H groups in total. The summed E-state index contributed by atoms with van der Waals surface area (Å²) in [4.78, 5) is 2.70. The Morgan fingerprint density at radius 3 is 2.58 bits per heavy atom. The van der Waals surface area contributed by atoms with Crippen molar-refractivity contribution in [1.29, 1.82) is 0 Å². The fourth-order valence-electron chi connectivity index (χ4n) is 3.26. The molecule has 1 saturated carbocycles. The lowest BCUT2D eigenvalue weighted by molar-refractivity contribution is -0.00680. The molecule has 3 nitrogen and oxygen atoms in total. The highest BCUT2D eigenvalue weighted by Gasteiger charge is 2.45. The van der Waals surface area contributed by atoms with E-state index in [-0.39, 0.29) is 5.60 Å². The van der Waals surface area contributed by atoms with E-state index in [0.29, 0.717) is 11.6 Å². The normalized spacial score (nSPS) is 33.6. The van der Waals surface area contributed by atoms with E-state index in [2.05, 4.69) is 37.9 Å². The van der Waals surface area contributed by atoms with Crippen LogP contribution in [0.2, 0.25) is 0 Å². The second-order valence-electron chi connectivity index (χ2n) is 7.32. The first kappa shape index (κ1) is 15.3. The highest BCUT2D eigenvalue weighted by molar-refractivity contribution is 5.04. The van der Waals surface area contributed by atoms with Crippen molar-refractivity contribution in [3.63, 3.8) is 0 Å². The lowest BCUT2D eigenvalue weighted by Gasteiger charge is -2.47. The summed E-state index contributed by atoms with van der Waals surface area (Å²) in [6, 6.07) is 0.694. The van der Waals surface area contributed by atoms with Gasteiger partial charge in [-0.3, -0.25) is 4.90 Å². The third-order valence-corrected chi connectivity index (χ3v) is 5.29. The van der Waals surface area contributed by atoms with Crippen molar-refractivity contribution in [3.8, 4) is 0 Å². The van der Waals surface area contributed by atoms with Crippen LogP contribution in [0.5, 0.6) is 0 Å². The molecule has 0 aromatic carbocycles. The second-order valence-corrected chi connectivity index (χ2v) is 7.32. The Morgan fingerprint density at radius 2 is 2.05 bits per heavy atom. The van der Waals surface area contributed by atoms with Gasteiger partial charge in [0.2, 0.25) is 0 Å². The van der Waals surface area contributed by atoms with Crippen LogP contribution in [-0.4, -0.2) is 48.8 Å². The number of methoxy groups -OCH3 is 1. The molecule has 2 unspecified atom stereocenters. The summed E-state index contributed by atoms with van der Waals surface area (Å²) in [7, 11) is 1.82. The van der Waals surface area contributed by atoms with E-state index < -0.39 is 0 Å². The number of ether oxygens (including phenoxy) is 1. The van der Waals surface area contributed by atoms with E-state index in [0.717, 1.165) is 25.4 Å². The second kappa shape index (κ2) is 5.71. The summed E-state index contributed by atoms with van der Waals surface area (Å²) in [5.74, 6) is 0.906. The smallest absolute Gasteiger partial charge is 0.0634 e. The Bertz CT molecular complexity index is 301. The minimum Gasteiger partial charge on any atom is -0.379 e. The van der Waals surface area contributed by atoms with Crippen LogP contribution in [0.25, 0.3) is 0 Å². The molecule has 0 aromatic rings. The number of rotatable bonds is 6. The van der Waals surface area contributed by atoms with Crippen molar-refractivity contribution in [1.82, 2.24) is 10.2 Å². The van der Waals surface area contributed by atoms with Gasteiger partial charge in [0, 0.05) is 38.3 Å². The van der Waals surface area contributed by atoms with E-state index in [1.807, 2.05) is 7.11 Å². The van der Waals surface area contributed by atoms with Crippen LogP contribution in [0.4, 0.5) is 0 Å².